The van der Waals surface area contributed by atoms with Crippen LogP contribution >= 0.6 is 0 Å². The van der Waals surface area contributed by atoms with Gasteiger partial charge in [-0.25, -0.2) is 4.39 Å². The van der Waals surface area contributed by atoms with E-state index >= 15 is 0 Å². The van der Waals surface area contributed by atoms with E-state index in [4.69, 9.17) is 4.74 Å². The van der Waals surface area contributed by atoms with Gasteiger partial charge in [-0.15, -0.1) is 0 Å². The second-order valence-electron chi connectivity index (χ2n) is 4.68. The van der Waals surface area contributed by atoms with Gasteiger partial charge in [-0.05, 0) is 37.2 Å². The van der Waals surface area contributed by atoms with Crippen LogP contribution in [-0.4, -0.2) is 13.7 Å². The van der Waals surface area contributed by atoms with Crippen molar-refractivity contribution < 1.29 is 9.13 Å². The first-order chi connectivity index (χ1) is 9.76. The molecule has 2 aromatic carbocycles. The molecule has 3 heteroatoms. The van der Waals surface area contributed by atoms with Gasteiger partial charge in [-0.1, -0.05) is 31.2 Å². The van der Waals surface area contributed by atoms with E-state index in [9.17, 15) is 4.39 Å². The fraction of sp³-hybridized carbons (Fsp3) is 0.294. The molecule has 0 fully saturated rings. The smallest absolute Gasteiger partial charge is 0.127 e. The molecule has 0 spiro atoms. The van der Waals surface area contributed by atoms with Crippen molar-refractivity contribution in [3.8, 4) is 16.9 Å². The topological polar surface area (TPSA) is 21.3 Å². The molecule has 0 aliphatic heterocycles. The highest BCUT2D eigenvalue weighted by Gasteiger charge is 2.09. The van der Waals surface area contributed by atoms with Gasteiger partial charge < -0.3 is 10.1 Å². The summed E-state index contributed by atoms with van der Waals surface area (Å²) in [6.45, 7) is 3.27. The van der Waals surface area contributed by atoms with Crippen LogP contribution in [0, 0.1) is 5.82 Å². The monoisotopic (exact) mass is 273 g/mol. The summed E-state index contributed by atoms with van der Waals surface area (Å²) < 4.78 is 19.5. The number of para-hydroxylation sites is 1. The van der Waals surface area contributed by atoms with Gasteiger partial charge in [0.15, 0.2) is 0 Å². The molecule has 0 saturated carbocycles. The van der Waals surface area contributed by atoms with Crippen LogP contribution in [0.15, 0.2) is 42.5 Å². The highest BCUT2D eigenvalue weighted by Crippen LogP contribution is 2.31. The number of ether oxygens (including phenoxy) is 1. The van der Waals surface area contributed by atoms with Crippen molar-refractivity contribution in [2.75, 3.05) is 13.7 Å². The minimum Gasteiger partial charge on any atom is -0.493 e. The van der Waals surface area contributed by atoms with Crippen molar-refractivity contribution in [2.24, 2.45) is 0 Å². The van der Waals surface area contributed by atoms with E-state index in [1.54, 1.807) is 6.07 Å². The average Bonchev–Trinajstić information content (AvgIpc) is 2.48. The molecule has 0 bridgehead atoms. The van der Waals surface area contributed by atoms with Crippen molar-refractivity contribution in [1.29, 1.82) is 0 Å². The summed E-state index contributed by atoms with van der Waals surface area (Å²) in [7, 11) is 1.81. The SMILES string of the molecule is CCCOc1ccccc1-c1ccc(F)c(CNC)c1. The van der Waals surface area contributed by atoms with E-state index in [0.29, 0.717) is 18.7 Å². The summed E-state index contributed by atoms with van der Waals surface area (Å²) in [5.74, 6) is 0.659. The number of halogens is 1. The highest BCUT2D eigenvalue weighted by atomic mass is 19.1. The summed E-state index contributed by atoms with van der Waals surface area (Å²) in [5, 5.41) is 2.98. The first-order valence-corrected chi connectivity index (χ1v) is 6.91. The Kier molecular flexibility index (Phi) is 5.13. The van der Waals surface area contributed by atoms with Crippen LogP contribution in [0.5, 0.6) is 5.75 Å². The quantitative estimate of drug-likeness (QED) is 0.859. The van der Waals surface area contributed by atoms with E-state index in [1.165, 1.54) is 6.07 Å². The highest BCUT2D eigenvalue weighted by molar-refractivity contribution is 5.71. The largest absolute Gasteiger partial charge is 0.493 e. The molecule has 0 unspecified atom stereocenters. The van der Waals surface area contributed by atoms with Gasteiger partial charge in [0.05, 0.1) is 6.61 Å². The second kappa shape index (κ2) is 7.06. The van der Waals surface area contributed by atoms with Gasteiger partial charge in [-0.2, -0.15) is 0 Å². The summed E-state index contributed by atoms with van der Waals surface area (Å²) in [5.41, 5.74) is 2.64. The van der Waals surface area contributed by atoms with Crippen LogP contribution in [-0.2, 0) is 6.54 Å². The Hall–Kier alpha value is -1.87. The maximum atomic E-state index is 13.7. The summed E-state index contributed by atoms with van der Waals surface area (Å²) in [6.07, 6.45) is 0.961. The van der Waals surface area contributed by atoms with E-state index in [2.05, 4.69) is 12.2 Å². The van der Waals surface area contributed by atoms with Gasteiger partial charge in [-0.3, -0.25) is 0 Å². The van der Waals surface area contributed by atoms with E-state index in [1.807, 2.05) is 37.4 Å². The van der Waals surface area contributed by atoms with E-state index < -0.39 is 0 Å². The van der Waals surface area contributed by atoms with Crippen LogP contribution in [0.3, 0.4) is 0 Å². The molecule has 2 aromatic rings. The van der Waals surface area contributed by atoms with Gasteiger partial charge in [0.1, 0.15) is 11.6 Å². The molecule has 0 atom stereocenters. The second-order valence-corrected chi connectivity index (χ2v) is 4.68. The lowest BCUT2D eigenvalue weighted by molar-refractivity contribution is 0.318. The summed E-state index contributed by atoms with van der Waals surface area (Å²) in [6, 6.07) is 13.1. The minimum absolute atomic E-state index is 0.185. The number of benzene rings is 2. The fourth-order valence-electron chi connectivity index (χ4n) is 2.11. The molecular formula is C17H20FNO. The number of nitrogens with one attached hydrogen (secondary N) is 1. The Morgan fingerprint density at radius 1 is 1.15 bits per heavy atom. The zero-order valence-electron chi connectivity index (χ0n) is 11.9. The lowest BCUT2D eigenvalue weighted by Crippen LogP contribution is -2.07. The van der Waals surface area contributed by atoms with Crippen LogP contribution in [0.1, 0.15) is 18.9 Å². The molecule has 106 valence electrons. The predicted molar refractivity (Wildman–Crippen MR) is 80.4 cm³/mol. The number of hydrogen-bond donors (Lipinski definition) is 1. The lowest BCUT2D eigenvalue weighted by atomic mass is 10.0. The minimum atomic E-state index is -0.185. The van der Waals surface area contributed by atoms with Crippen LogP contribution in [0.2, 0.25) is 0 Å². The molecular weight excluding hydrogens is 253 g/mol. The molecule has 0 amide bonds. The fourth-order valence-corrected chi connectivity index (χ4v) is 2.11. The van der Waals surface area contributed by atoms with Crippen molar-refractivity contribution in [2.45, 2.75) is 19.9 Å². The Morgan fingerprint density at radius 2 is 1.95 bits per heavy atom. The van der Waals surface area contributed by atoms with Crippen LogP contribution in [0.25, 0.3) is 11.1 Å². The first kappa shape index (κ1) is 14.5. The Morgan fingerprint density at radius 3 is 2.70 bits per heavy atom. The normalized spacial score (nSPS) is 10.6. The Labute approximate surface area is 119 Å². The Bertz CT molecular complexity index is 569. The maximum Gasteiger partial charge on any atom is 0.127 e. The third kappa shape index (κ3) is 3.36. The Balaban J connectivity index is 2.38. The third-order valence-corrected chi connectivity index (χ3v) is 3.07. The zero-order valence-corrected chi connectivity index (χ0v) is 11.9. The molecule has 0 saturated heterocycles. The molecule has 0 heterocycles. The molecule has 1 N–H and O–H groups in total. The van der Waals surface area contributed by atoms with Gasteiger partial charge >= 0.3 is 0 Å². The van der Waals surface area contributed by atoms with Crippen LogP contribution < -0.4 is 10.1 Å². The average molecular weight is 273 g/mol. The maximum absolute atomic E-state index is 13.7. The molecule has 0 aliphatic rings. The number of hydrogen-bond acceptors (Lipinski definition) is 2. The lowest BCUT2D eigenvalue weighted by Gasteiger charge is -2.12. The van der Waals surface area contributed by atoms with Gasteiger partial charge in [0, 0.05) is 17.7 Å². The van der Waals surface area contributed by atoms with E-state index in [0.717, 1.165) is 23.3 Å². The molecule has 0 aliphatic carbocycles. The zero-order chi connectivity index (χ0) is 14.4. The molecule has 0 aromatic heterocycles. The van der Waals surface area contributed by atoms with Crippen molar-refractivity contribution in [3.05, 3.63) is 53.8 Å². The molecule has 0 radical (unpaired) electrons. The van der Waals surface area contributed by atoms with E-state index in [-0.39, 0.29) is 5.82 Å². The van der Waals surface area contributed by atoms with Gasteiger partial charge in [0.2, 0.25) is 0 Å². The molecule has 2 nitrogen and oxygen atoms in total. The van der Waals surface area contributed by atoms with Crippen molar-refractivity contribution in [1.82, 2.24) is 5.32 Å². The standard InChI is InChI=1S/C17H20FNO/c1-3-10-20-17-7-5-4-6-15(17)13-8-9-16(18)14(11-13)12-19-2/h4-9,11,19H,3,10,12H2,1-2H3. The van der Waals surface area contributed by atoms with Gasteiger partial charge in [0.25, 0.3) is 0 Å². The predicted octanol–water partition coefficient (Wildman–Crippen LogP) is 4.00. The summed E-state index contributed by atoms with van der Waals surface area (Å²) in [4.78, 5) is 0. The molecule has 20 heavy (non-hydrogen) atoms. The summed E-state index contributed by atoms with van der Waals surface area (Å²) >= 11 is 0. The molecule has 2 rings (SSSR count). The first-order valence-electron chi connectivity index (χ1n) is 6.91. The third-order valence-electron chi connectivity index (χ3n) is 3.07. The number of rotatable bonds is 6. The van der Waals surface area contributed by atoms with Crippen molar-refractivity contribution in [3.63, 3.8) is 0 Å². The van der Waals surface area contributed by atoms with Crippen LogP contribution in [0.4, 0.5) is 4.39 Å². The van der Waals surface area contributed by atoms with Crippen molar-refractivity contribution >= 4 is 0 Å².